The highest BCUT2D eigenvalue weighted by atomic mass is 31.2. The fourth-order valence-electron chi connectivity index (χ4n) is 2.74. The van der Waals surface area contributed by atoms with Gasteiger partial charge in [0.25, 0.3) is 0 Å². The van der Waals surface area contributed by atoms with E-state index in [0.29, 0.717) is 16.5 Å². The zero-order chi connectivity index (χ0) is 16.8. The van der Waals surface area contributed by atoms with Crippen molar-refractivity contribution in [3.63, 3.8) is 0 Å². The van der Waals surface area contributed by atoms with Crippen LogP contribution >= 0.6 is 7.82 Å². The Labute approximate surface area is 125 Å². The van der Waals surface area contributed by atoms with Crippen LogP contribution in [-0.2, 0) is 10.9 Å². The van der Waals surface area contributed by atoms with Crippen molar-refractivity contribution in [1.29, 1.82) is 0 Å². The lowest BCUT2D eigenvalue weighted by Gasteiger charge is -2.19. The van der Waals surface area contributed by atoms with Gasteiger partial charge < -0.3 is 14.4 Å². The van der Waals surface area contributed by atoms with Crippen LogP contribution in [0.2, 0.25) is 0 Å². The van der Waals surface area contributed by atoms with E-state index in [0.717, 1.165) is 19.4 Å². The molecule has 3 rings (SSSR count). The number of aromatic nitrogens is 1. The van der Waals surface area contributed by atoms with E-state index in [1.54, 1.807) is 18.3 Å². The number of nitrogens with zero attached hydrogens (tertiary/aromatic N) is 1. The second-order valence-electron chi connectivity index (χ2n) is 5.25. The number of H-pyrrole nitrogens is 1. The van der Waals surface area contributed by atoms with E-state index >= 15 is 0 Å². The second kappa shape index (κ2) is 5.46. The van der Waals surface area contributed by atoms with Crippen molar-refractivity contribution in [2.24, 2.45) is 0 Å². The van der Waals surface area contributed by atoms with E-state index in [4.69, 9.17) is 17.1 Å². The number of hydrogen-bond acceptors (Lipinski definition) is 3. The van der Waals surface area contributed by atoms with Crippen molar-refractivity contribution < 1.29 is 21.6 Å². The molecule has 21 heavy (non-hydrogen) atoms. The van der Waals surface area contributed by atoms with Crippen LogP contribution in [0.3, 0.4) is 0 Å². The molecular weight excluding hydrogens is 291 g/mol. The highest BCUT2D eigenvalue weighted by Gasteiger charge is 2.24. The number of benzene rings is 1. The van der Waals surface area contributed by atoms with Gasteiger partial charge in [0.1, 0.15) is 5.75 Å². The molecule has 0 spiro atoms. The van der Waals surface area contributed by atoms with Crippen LogP contribution in [0, 0.1) is 0 Å². The Morgan fingerprint density at radius 3 is 3.05 bits per heavy atom. The summed E-state index contributed by atoms with van der Waals surface area (Å²) in [7, 11) is -2.84. The normalized spacial score (nSPS) is 22.3. The molecule has 0 saturated carbocycles. The first kappa shape index (κ1) is 12.2. The quantitative estimate of drug-likeness (QED) is 0.754. The molecule has 0 bridgehead atoms. The topological polar surface area (TPSA) is 85.8 Å². The van der Waals surface area contributed by atoms with Gasteiger partial charge in [0.05, 0.1) is 0 Å². The summed E-state index contributed by atoms with van der Waals surface area (Å²) >= 11 is 0. The monoisotopic (exact) mass is 312 g/mol. The molecule has 1 aliphatic heterocycles. The molecule has 6 nitrogen and oxygen atoms in total. The second-order valence-corrected chi connectivity index (χ2v) is 6.41. The Hall–Kier alpha value is -1.33. The van der Waals surface area contributed by atoms with Crippen LogP contribution < -0.4 is 4.52 Å². The molecule has 0 unspecified atom stereocenters. The number of nitrogens with one attached hydrogen (secondary N) is 1. The van der Waals surface area contributed by atoms with E-state index in [9.17, 15) is 4.57 Å². The molecule has 7 heteroatoms. The van der Waals surface area contributed by atoms with E-state index in [1.807, 2.05) is 11.9 Å². The highest BCUT2D eigenvalue weighted by Crippen LogP contribution is 2.42. The van der Waals surface area contributed by atoms with Gasteiger partial charge >= 0.3 is 7.82 Å². The summed E-state index contributed by atoms with van der Waals surface area (Å²) in [5.41, 5.74) is 0.936. The van der Waals surface area contributed by atoms with Gasteiger partial charge in [-0.2, -0.15) is 0 Å². The van der Waals surface area contributed by atoms with Crippen LogP contribution in [0.15, 0.2) is 24.4 Å². The molecule has 1 atom stereocenters. The zero-order valence-electron chi connectivity index (χ0n) is 13.6. The number of likely N-dealkylation sites (N-methyl/N-ethyl adjacent to an activating group) is 1. The molecule has 1 aliphatic rings. The van der Waals surface area contributed by atoms with Crippen molar-refractivity contribution in [1.82, 2.24) is 9.88 Å². The van der Waals surface area contributed by atoms with Crippen molar-refractivity contribution in [3.8, 4) is 5.75 Å². The van der Waals surface area contributed by atoms with Crippen LogP contribution in [0.4, 0.5) is 0 Å². The highest BCUT2D eigenvalue weighted by molar-refractivity contribution is 7.46. The standard InChI is InChI=1S/C14H19N2O4P/c1-16-7-3-4-11(16)8-10-9-15-12-5-2-6-13(14(10)12)20-21(17,18)19/h2,5-6,9,11,15H,3-4,7-8H2,1H3,(H2,17,18,19)/t11-/m1/s1/i8D2. The first-order chi connectivity index (χ1) is 10.7. The van der Waals surface area contributed by atoms with Gasteiger partial charge in [0.15, 0.2) is 0 Å². The van der Waals surface area contributed by atoms with Crippen LogP contribution in [0.5, 0.6) is 5.75 Å². The molecule has 0 radical (unpaired) electrons. The van der Waals surface area contributed by atoms with Crippen LogP contribution in [0.1, 0.15) is 21.1 Å². The van der Waals surface area contributed by atoms with Gasteiger partial charge in [-0.1, -0.05) is 6.07 Å². The summed E-state index contributed by atoms with van der Waals surface area (Å²) in [5.74, 6) is -0.0170. The fourth-order valence-corrected chi connectivity index (χ4v) is 3.15. The number of phosphoric acid groups is 1. The van der Waals surface area contributed by atoms with Gasteiger partial charge in [0.2, 0.25) is 0 Å². The maximum absolute atomic E-state index is 11.2. The third-order valence-electron chi connectivity index (χ3n) is 3.73. The summed E-state index contributed by atoms with van der Waals surface area (Å²) in [4.78, 5) is 23.1. The van der Waals surface area contributed by atoms with Crippen molar-refractivity contribution in [3.05, 3.63) is 30.0 Å². The molecule has 0 aliphatic carbocycles. The predicted octanol–water partition coefficient (Wildman–Crippen LogP) is 2.28. The minimum absolute atomic E-state index is 0.0170. The molecule has 2 heterocycles. The molecular formula is C14H19N2O4P. The van der Waals surface area contributed by atoms with E-state index < -0.39 is 14.2 Å². The average Bonchev–Trinajstić information content (AvgIpc) is 3.04. The van der Waals surface area contributed by atoms with Gasteiger partial charge in [-0.15, -0.1) is 0 Å². The minimum Gasteiger partial charge on any atom is -0.404 e. The molecule has 2 aromatic rings. The van der Waals surface area contributed by atoms with Gasteiger partial charge in [-0.3, -0.25) is 9.79 Å². The van der Waals surface area contributed by atoms with Crippen molar-refractivity contribution >= 4 is 18.7 Å². The Morgan fingerprint density at radius 1 is 1.57 bits per heavy atom. The summed E-state index contributed by atoms with van der Waals surface area (Å²) in [5, 5.41) is 0.376. The third kappa shape index (κ3) is 3.14. The number of likely N-dealkylation sites (tertiary alicyclic amines) is 1. The lowest BCUT2D eigenvalue weighted by atomic mass is 10.0. The molecule has 0 amide bonds. The first-order valence-electron chi connectivity index (χ1n) is 7.76. The third-order valence-corrected chi connectivity index (χ3v) is 4.16. The largest absolute Gasteiger partial charge is 0.524 e. The number of rotatable bonds is 4. The van der Waals surface area contributed by atoms with Gasteiger partial charge in [0, 0.05) is 25.9 Å². The van der Waals surface area contributed by atoms with Crippen LogP contribution in [-0.4, -0.2) is 39.3 Å². The van der Waals surface area contributed by atoms with Crippen LogP contribution in [0.25, 0.3) is 10.9 Å². The van der Waals surface area contributed by atoms with E-state index in [-0.39, 0.29) is 11.8 Å². The number of fused-ring (bicyclic) bond motifs is 1. The maximum atomic E-state index is 11.2. The molecule has 3 N–H and O–H groups in total. The van der Waals surface area contributed by atoms with E-state index in [2.05, 4.69) is 4.98 Å². The summed E-state index contributed by atoms with van der Waals surface area (Å²) in [6.07, 6.45) is 1.55. The Kier molecular flexibility index (Phi) is 3.18. The lowest BCUT2D eigenvalue weighted by molar-refractivity contribution is 0.284. The summed E-state index contributed by atoms with van der Waals surface area (Å²) in [6.45, 7) is 0.832. The Morgan fingerprint density at radius 2 is 2.38 bits per heavy atom. The number of phosphoric ester groups is 1. The number of hydrogen-bond donors (Lipinski definition) is 3. The van der Waals surface area contributed by atoms with Crippen molar-refractivity contribution in [2.45, 2.75) is 25.3 Å². The molecule has 1 saturated heterocycles. The fraction of sp³-hybridized carbons (Fsp3) is 0.429. The van der Waals surface area contributed by atoms with E-state index in [1.165, 1.54) is 6.07 Å². The van der Waals surface area contributed by atoms with Crippen molar-refractivity contribution in [2.75, 3.05) is 13.6 Å². The lowest BCUT2D eigenvalue weighted by Crippen LogP contribution is -2.26. The molecule has 1 aromatic carbocycles. The SMILES string of the molecule is [2H]C([2H])(c1c[nH]c2cccc(OP(=O)(O)O)c12)[C@H]1CCCN1C. The summed E-state index contributed by atoms with van der Waals surface area (Å²) < 4.78 is 33.1. The maximum Gasteiger partial charge on any atom is 0.524 e. The Bertz CT molecular complexity index is 773. The minimum atomic E-state index is -4.72. The molecule has 114 valence electrons. The summed E-state index contributed by atoms with van der Waals surface area (Å²) in [6, 6.07) is 4.47. The zero-order valence-corrected chi connectivity index (χ0v) is 12.5. The average molecular weight is 312 g/mol. The smallest absolute Gasteiger partial charge is 0.404 e. The predicted molar refractivity (Wildman–Crippen MR) is 80.3 cm³/mol. The van der Waals surface area contributed by atoms with Gasteiger partial charge in [-0.25, -0.2) is 4.57 Å². The Balaban J connectivity index is 2.12. The van der Waals surface area contributed by atoms with Gasteiger partial charge in [-0.05, 0) is 50.5 Å². The molecule has 1 aromatic heterocycles. The molecule has 1 fully saturated rings. The first-order valence-corrected chi connectivity index (χ1v) is 8.29. The number of aromatic amines is 1.